The van der Waals surface area contributed by atoms with Gasteiger partial charge in [-0.2, -0.15) is 0 Å². The van der Waals surface area contributed by atoms with Gasteiger partial charge < -0.3 is 9.32 Å². The molecule has 4 rings (SSSR count). The lowest BCUT2D eigenvalue weighted by Gasteiger charge is -2.21. The molecular weight excluding hydrogens is 331 g/mol. The Morgan fingerprint density at radius 3 is 2.92 bits per heavy atom. The lowest BCUT2D eigenvalue weighted by molar-refractivity contribution is -0.132. The Balaban J connectivity index is 1.66. The number of carbonyl (C=O) groups is 1. The Morgan fingerprint density at radius 1 is 1.27 bits per heavy atom. The summed E-state index contributed by atoms with van der Waals surface area (Å²) in [6, 6.07) is 12.1. The second-order valence-corrected chi connectivity index (χ2v) is 6.74. The first-order valence-corrected chi connectivity index (χ1v) is 9.11. The molecule has 0 spiro atoms. The van der Waals surface area contributed by atoms with E-state index in [-0.39, 0.29) is 17.8 Å². The van der Waals surface area contributed by atoms with E-state index in [0.717, 1.165) is 42.5 Å². The van der Waals surface area contributed by atoms with Crippen LogP contribution in [-0.2, 0) is 4.79 Å². The van der Waals surface area contributed by atoms with Crippen molar-refractivity contribution in [1.82, 2.24) is 9.88 Å². The van der Waals surface area contributed by atoms with E-state index in [4.69, 9.17) is 4.42 Å². The fraction of sp³-hybridized carbons (Fsp3) is 0.333. The molecule has 26 heavy (non-hydrogen) atoms. The zero-order chi connectivity index (χ0) is 18.1. The zero-order valence-corrected chi connectivity index (χ0v) is 14.7. The highest BCUT2D eigenvalue weighted by atomic mass is 19.1. The van der Waals surface area contributed by atoms with Gasteiger partial charge in [-0.15, -0.1) is 0 Å². The third-order valence-corrected chi connectivity index (χ3v) is 4.88. The van der Waals surface area contributed by atoms with Crippen molar-refractivity contribution in [2.45, 2.75) is 38.6 Å². The lowest BCUT2D eigenvalue weighted by Crippen LogP contribution is -2.30. The van der Waals surface area contributed by atoms with Crippen LogP contribution in [0.15, 0.2) is 46.9 Å². The largest absolute Gasteiger partial charge is 0.438 e. The summed E-state index contributed by atoms with van der Waals surface area (Å²) in [4.78, 5) is 18.9. The molecule has 1 atom stereocenters. The van der Waals surface area contributed by atoms with Gasteiger partial charge in [-0.05, 0) is 54.7 Å². The second kappa shape index (κ2) is 6.90. The number of oxazole rings is 1. The van der Waals surface area contributed by atoms with Crippen molar-refractivity contribution in [3.05, 3.63) is 54.2 Å². The maximum Gasteiger partial charge on any atom is 0.223 e. The fourth-order valence-corrected chi connectivity index (χ4v) is 3.61. The molecular formula is C21H21FN2O2. The molecule has 1 aliphatic rings. The van der Waals surface area contributed by atoms with Crippen LogP contribution in [0.25, 0.3) is 22.2 Å². The van der Waals surface area contributed by atoms with E-state index < -0.39 is 0 Å². The van der Waals surface area contributed by atoms with E-state index in [1.807, 2.05) is 36.1 Å². The summed E-state index contributed by atoms with van der Waals surface area (Å²) in [5, 5.41) is 0. The number of halogens is 1. The highest BCUT2D eigenvalue weighted by Gasteiger charge is 2.33. The van der Waals surface area contributed by atoms with E-state index in [1.165, 1.54) is 12.1 Å². The number of fused-ring (bicyclic) bond motifs is 1. The van der Waals surface area contributed by atoms with Gasteiger partial charge in [0.25, 0.3) is 0 Å². The Kier molecular flexibility index (Phi) is 4.45. The summed E-state index contributed by atoms with van der Waals surface area (Å²) < 4.78 is 19.4. The first-order valence-electron chi connectivity index (χ1n) is 9.11. The summed E-state index contributed by atoms with van der Waals surface area (Å²) in [6.07, 6.45) is 3.24. The first-order chi connectivity index (χ1) is 12.7. The molecule has 1 unspecified atom stereocenters. The summed E-state index contributed by atoms with van der Waals surface area (Å²) in [7, 11) is 0. The number of carbonyl (C=O) groups excluding carboxylic acids is 1. The number of hydrogen-bond acceptors (Lipinski definition) is 3. The predicted molar refractivity (Wildman–Crippen MR) is 98.0 cm³/mol. The monoisotopic (exact) mass is 352 g/mol. The molecule has 134 valence electrons. The molecule has 1 aromatic heterocycles. The van der Waals surface area contributed by atoms with Crippen molar-refractivity contribution in [1.29, 1.82) is 0 Å². The summed E-state index contributed by atoms with van der Waals surface area (Å²) in [5.74, 6) is 0.496. The number of hydrogen-bond donors (Lipinski definition) is 0. The minimum Gasteiger partial charge on any atom is -0.438 e. The minimum atomic E-state index is -0.264. The molecule has 1 fully saturated rings. The van der Waals surface area contributed by atoms with Crippen LogP contribution in [0.1, 0.15) is 44.5 Å². The molecule has 2 heterocycles. The van der Waals surface area contributed by atoms with E-state index in [0.29, 0.717) is 17.9 Å². The van der Waals surface area contributed by atoms with Crippen LogP contribution in [0.3, 0.4) is 0 Å². The van der Waals surface area contributed by atoms with Gasteiger partial charge in [0.05, 0.1) is 0 Å². The quantitative estimate of drug-likeness (QED) is 0.656. The van der Waals surface area contributed by atoms with Gasteiger partial charge in [-0.1, -0.05) is 25.1 Å². The Morgan fingerprint density at radius 2 is 2.12 bits per heavy atom. The van der Waals surface area contributed by atoms with Gasteiger partial charge in [0, 0.05) is 13.0 Å². The van der Waals surface area contributed by atoms with Crippen molar-refractivity contribution >= 4 is 17.0 Å². The summed E-state index contributed by atoms with van der Waals surface area (Å²) in [6.45, 7) is 2.77. The zero-order valence-electron chi connectivity index (χ0n) is 14.7. The Hall–Kier alpha value is -2.69. The van der Waals surface area contributed by atoms with Crippen LogP contribution in [0.2, 0.25) is 0 Å². The van der Waals surface area contributed by atoms with E-state index in [9.17, 15) is 9.18 Å². The van der Waals surface area contributed by atoms with Crippen molar-refractivity contribution < 1.29 is 13.6 Å². The Labute approximate surface area is 151 Å². The van der Waals surface area contributed by atoms with Crippen LogP contribution in [0.5, 0.6) is 0 Å². The van der Waals surface area contributed by atoms with E-state index >= 15 is 0 Å². The molecule has 1 amide bonds. The molecule has 2 aromatic carbocycles. The van der Waals surface area contributed by atoms with Gasteiger partial charge >= 0.3 is 0 Å². The maximum absolute atomic E-state index is 13.5. The molecule has 5 heteroatoms. The van der Waals surface area contributed by atoms with Gasteiger partial charge in [0.2, 0.25) is 11.8 Å². The normalized spacial score (nSPS) is 17.2. The number of aromatic nitrogens is 1. The van der Waals surface area contributed by atoms with E-state index in [1.54, 1.807) is 6.07 Å². The van der Waals surface area contributed by atoms with E-state index in [2.05, 4.69) is 4.98 Å². The van der Waals surface area contributed by atoms with Crippen molar-refractivity contribution in [2.24, 2.45) is 0 Å². The number of benzene rings is 2. The topological polar surface area (TPSA) is 46.3 Å². The summed E-state index contributed by atoms with van der Waals surface area (Å²) in [5.41, 5.74) is 3.12. The molecule has 1 aliphatic heterocycles. The molecule has 4 nitrogen and oxygen atoms in total. The maximum atomic E-state index is 13.5. The number of rotatable bonds is 4. The standard InChI is InChI=1S/C21H21FN2O2/c1-2-5-20(25)24-11-4-8-18(24)21-23-17-13-15(9-10-19(17)26-21)14-6-3-7-16(22)12-14/h3,6-7,9-10,12-13,18H,2,4-5,8,11H2,1H3. The van der Waals surface area contributed by atoms with Crippen molar-refractivity contribution in [2.75, 3.05) is 6.54 Å². The molecule has 0 aliphatic carbocycles. The van der Waals surface area contributed by atoms with Crippen LogP contribution in [-0.4, -0.2) is 22.3 Å². The smallest absolute Gasteiger partial charge is 0.223 e. The number of amides is 1. The van der Waals surface area contributed by atoms with Crippen LogP contribution in [0.4, 0.5) is 4.39 Å². The highest BCUT2D eigenvalue weighted by Crippen LogP contribution is 2.34. The Bertz CT molecular complexity index is 950. The van der Waals surface area contributed by atoms with Gasteiger partial charge in [0.15, 0.2) is 5.58 Å². The average molecular weight is 352 g/mol. The van der Waals surface area contributed by atoms with Crippen molar-refractivity contribution in [3.8, 4) is 11.1 Å². The van der Waals surface area contributed by atoms with Crippen LogP contribution in [0, 0.1) is 5.82 Å². The third-order valence-electron chi connectivity index (χ3n) is 4.88. The predicted octanol–water partition coefficient (Wildman–Crippen LogP) is 5.10. The number of nitrogens with zero attached hydrogens (tertiary/aromatic N) is 2. The molecule has 3 aromatic rings. The molecule has 0 radical (unpaired) electrons. The molecule has 0 bridgehead atoms. The van der Waals surface area contributed by atoms with Gasteiger partial charge in [0.1, 0.15) is 17.4 Å². The van der Waals surface area contributed by atoms with Crippen molar-refractivity contribution in [3.63, 3.8) is 0 Å². The SMILES string of the molecule is CCCC(=O)N1CCCC1c1nc2cc(-c3cccc(F)c3)ccc2o1. The number of likely N-dealkylation sites (tertiary alicyclic amines) is 1. The first kappa shape index (κ1) is 16.8. The second-order valence-electron chi connectivity index (χ2n) is 6.74. The summed E-state index contributed by atoms with van der Waals surface area (Å²) >= 11 is 0. The van der Waals surface area contributed by atoms with Crippen LogP contribution < -0.4 is 0 Å². The van der Waals surface area contributed by atoms with Crippen LogP contribution >= 0.6 is 0 Å². The molecule has 0 saturated carbocycles. The van der Waals surface area contributed by atoms with Gasteiger partial charge in [-0.3, -0.25) is 4.79 Å². The average Bonchev–Trinajstić information content (AvgIpc) is 3.27. The highest BCUT2D eigenvalue weighted by molar-refractivity contribution is 5.81. The molecule has 1 saturated heterocycles. The minimum absolute atomic E-state index is 0.0842. The van der Waals surface area contributed by atoms with Gasteiger partial charge in [-0.25, -0.2) is 9.37 Å². The molecule has 0 N–H and O–H groups in total. The lowest BCUT2D eigenvalue weighted by atomic mass is 10.1. The fourth-order valence-electron chi connectivity index (χ4n) is 3.61. The third kappa shape index (κ3) is 3.09.